The van der Waals surface area contributed by atoms with Crippen LogP contribution in [-0.4, -0.2) is 33.5 Å². The maximum atomic E-state index is 12.7. The molecule has 3 heterocycles. The SMILES string of the molecule is Cc1nn(C)c(C)c1CNC(=O)[C@@H]1CC(=O)N(C)[C@H]1c1cccs1. The van der Waals surface area contributed by atoms with Crippen molar-refractivity contribution in [1.29, 1.82) is 0 Å². The van der Waals surface area contributed by atoms with Crippen LogP contribution in [0.3, 0.4) is 0 Å². The molecule has 24 heavy (non-hydrogen) atoms. The average molecular weight is 346 g/mol. The van der Waals surface area contributed by atoms with Crippen LogP contribution >= 0.6 is 11.3 Å². The lowest BCUT2D eigenvalue weighted by atomic mass is 9.97. The van der Waals surface area contributed by atoms with Crippen molar-refractivity contribution in [3.63, 3.8) is 0 Å². The second-order valence-corrected chi connectivity index (χ2v) is 7.25. The van der Waals surface area contributed by atoms with Gasteiger partial charge in [-0.15, -0.1) is 11.3 Å². The minimum atomic E-state index is -0.349. The molecule has 1 fully saturated rings. The number of amides is 2. The van der Waals surface area contributed by atoms with Crippen molar-refractivity contribution < 1.29 is 9.59 Å². The Bertz CT molecular complexity index is 766. The van der Waals surface area contributed by atoms with Gasteiger partial charge in [-0.3, -0.25) is 14.3 Å². The van der Waals surface area contributed by atoms with Crippen molar-refractivity contribution in [2.75, 3.05) is 7.05 Å². The predicted octanol–water partition coefficient (Wildman–Crippen LogP) is 1.93. The second kappa shape index (κ2) is 6.39. The minimum absolute atomic E-state index is 0.0160. The summed E-state index contributed by atoms with van der Waals surface area (Å²) in [5.41, 5.74) is 3.00. The van der Waals surface area contributed by atoms with E-state index in [0.29, 0.717) is 6.54 Å². The zero-order valence-electron chi connectivity index (χ0n) is 14.4. The zero-order chi connectivity index (χ0) is 17.4. The van der Waals surface area contributed by atoms with Crippen molar-refractivity contribution in [3.8, 4) is 0 Å². The van der Waals surface area contributed by atoms with E-state index >= 15 is 0 Å². The molecular formula is C17H22N4O2S. The summed E-state index contributed by atoms with van der Waals surface area (Å²) in [4.78, 5) is 27.6. The van der Waals surface area contributed by atoms with Gasteiger partial charge in [-0.25, -0.2) is 0 Å². The molecule has 3 rings (SSSR count). The van der Waals surface area contributed by atoms with E-state index < -0.39 is 0 Å². The molecule has 2 atom stereocenters. The normalized spacial score (nSPS) is 20.7. The number of nitrogens with one attached hydrogen (secondary N) is 1. The second-order valence-electron chi connectivity index (χ2n) is 6.27. The Hall–Kier alpha value is -2.15. The number of aromatic nitrogens is 2. The Kier molecular flexibility index (Phi) is 4.45. The first-order chi connectivity index (χ1) is 11.4. The molecule has 1 aliphatic heterocycles. The molecule has 0 bridgehead atoms. The Balaban J connectivity index is 1.75. The highest BCUT2D eigenvalue weighted by Crippen LogP contribution is 2.39. The number of aryl methyl sites for hydroxylation is 2. The van der Waals surface area contributed by atoms with Crippen LogP contribution in [0.1, 0.15) is 34.3 Å². The Labute approximate surface area is 145 Å². The topological polar surface area (TPSA) is 67.2 Å². The number of carbonyl (C=O) groups excluding carboxylic acids is 2. The van der Waals surface area contributed by atoms with Gasteiger partial charge in [0.15, 0.2) is 0 Å². The number of thiophene rings is 1. The molecule has 0 unspecified atom stereocenters. The van der Waals surface area contributed by atoms with Gasteiger partial charge in [-0.05, 0) is 25.3 Å². The molecule has 2 amide bonds. The van der Waals surface area contributed by atoms with Crippen molar-refractivity contribution in [3.05, 3.63) is 39.3 Å². The molecule has 128 valence electrons. The Morgan fingerprint density at radius 1 is 1.42 bits per heavy atom. The molecule has 7 heteroatoms. The third kappa shape index (κ3) is 2.84. The van der Waals surface area contributed by atoms with Crippen LogP contribution in [0.25, 0.3) is 0 Å². The molecule has 1 N–H and O–H groups in total. The third-order valence-corrected chi connectivity index (χ3v) is 5.80. The Morgan fingerprint density at radius 3 is 2.75 bits per heavy atom. The number of hydrogen-bond donors (Lipinski definition) is 1. The maximum Gasteiger partial charge on any atom is 0.226 e. The summed E-state index contributed by atoms with van der Waals surface area (Å²) >= 11 is 1.58. The van der Waals surface area contributed by atoms with Crippen molar-refractivity contribution in [2.45, 2.75) is 32.9 Å². The van der Waals surface area contributed by atoms with E-state index in [1.165, 1.54) is 0 Å². The quantitative estimate of drug-likeness (QED) is 0.920. The minimum Gasteiger partial charge on any atom is -0.352 e. The van der Waals surface area contributed by atoms with Crippen LogP contribution in [0.5, 0.6) is 0 Å². The molecular weight excluding hydrogens is 324 g/mol. The highest BCUT2D eigenvalue weighted by atomic mass is 32.1. The third-order valence-electron chi connectivity index (χ3n) is 4.86. The van der Waals surface area contributed by atoms with Gasteiger partial charge in [-0.2, -0.15) is 5.10 Å². The van der Waals surface area contributed by atoms with Gasteiger partial charge in [0, 0.05) is 43.2 Å². The van der Waals surface area contributed by atoms with E-state index in [9.17, 15) is 9.59 Å². The first-order valence-electron chi connectivity index (χ1n) is 7.96. The van der Waals surface area contributed by atoms with E-state index in [-0.39, 0.29) is 30.2 Å². The van der Waals surface area contributed by atoms with E-state index in [1.807, 2.05) is 43.1 Å². The molecule has 0 spiro atoms. The molecule has 2 aromatic rings. The van der Waals surface area contributed by atoms with Crippen LogP contribution in [0.2, 0.25) is 0 Å². The first kappa shape index (κ1) is 16.7. The van der Waals surface area contributed by atoms with Crippen LogP contribution in [0.4, 0.5) is 0 Å². The molecule has 1 aliphatic rings. The van der Waals surface area contributed by atoms with Crippen molar-refractivity contribution >= 4 is 23.2 Å². The summed E-state index contributed by atoms with van der Waals surface area (Å²) < 4.78 is 1.82. The lowest BCUT2D eigenvalue weighted by Crippen LogP contribution is -2.34. The number of hydrogen-bond acceptors (Lipinski definition) is 4. The molecule has 0 aliphatic carbocycles. The van der Waals surface area contributed by atoms with Gasteiger partial charge in [-0.1, -0.05) is 6.07 Å². The molecule has 0 aromatic carbocycles. The van der Waals surface area contributed by atoms with Gasteiger partial charge in [0.25, 0.3) is 0 Å². The highest BCUT2D eigenvalue weighted by molar-refractivity contribution is 7.10. The fourth-order valence-electron chi connectivity index (χ4n) is 3.33. The first-order valence-corrected chi connectivity index (χ1v) is 8.84. The summed E-state index contributed by atoms with van der Waals surface area (Å²) in [7, 11) is 3.67. The molecule has 0 radical (unpaired) electrons. The van der Waals surface area contributed by atoms with Crippen LogP contribution < -0.4 is 5.32 Å². The van der Waals surface area contributed by atoms with E-state index in [4.69, 9.17) is 0 Å². The van der Waals surface area contributed by atoms with Gasteiger partial charge in [0.1, 0.15) is 0 Å². The smallest absolute Gasteiger partial charge is 0.226 e. The van der Waals surface area contributed by atoms with Gasteiger partial charge < -0.3 is 10.2 Å². The van der Waals surface area contributed by atoms with E-state index in [1.54, 1.807) is 23.3 Å². The van der Waals surface area contributed by atoms with E-state index in [0.717, 1.165) is 21.8 Å². The molecule has 1 saturated heterocycles. The van der Waals surface area contributed by atoms with E-state index in [2.05, 4.69) is 10.4 Å². The van der Waals surface area contributed by atoms with Gasteiger partial charge >= 0.3 is 0 Å². The highest BCUT2D eigenvalue weighted by Gasteiger charge is 2.43. The maximum absolute atomic E-state index is 12.7. The number of likely N-dealkylation sites (tertiary alicyclic amines) is 1. The lowest BCUT2D eigenvalue weighted by molar-refractivity contribution is -0.128. The fourth-order valence-corrected chi connectivity index (χ4v) is 4.27. The summed E-state index contributed by atoms with van der Waals surface area (Å²) in [5, 5.41) is 9.35. The van der Waals surface area contributed by atoms with Crippen molar-refractivity contribution in [1.82, 2.24) is 20.0 Å². The summed E-state index contributed by atoms with van der Waals surface area (Å²) in [6.45, 7) is 4.37. The molecule has 0 saturated carbocycles. The standard InChI is InChI=1S/C17H22N4O2S/c1-10-13(11(2)21(4)19-10)9-18-17(23)12-8-15(22)20(3)16(12)14-6-5-7-24-14/h5-7,12,16H,8-9H2,1-4H3,(H,18,23)/t12-,16-/m1/s1. The van der Waals surface area contributed by atoms with Gasteiger partial charge in [0.05, 0.1) is 17.7 Å². The lowest BCUT2D eigenvalue weighted by Gasteiger charge is -2.23. The average Bonchev–Trinajstić information content (AvgIpc) is 3.21. The summed E-state index contributed by atoms with van der Waals surface area (Å²) in [5.74, 6) is -0.408. The van der Waals surface area contributed by atoms with Crippen LogP contribution in [-0.2, 0) is 23.2 Å². The predicted molar refractivity (Wildman–Crippen MR) is 92.5 cm³/mol. The summed E-state index contributed by atoms with van der Waals surface area (Å²) in [6, 6.07) is 3.77. The fraction of sp³-hybridized carbons (Fsp3) is 0.471. The number of rotatable bonds is 4. The molecule has 2 aromatic heterocycles. The van der Waals surface area contributed by atoms with Gasteiger partial charge in [0.2, 0.25) is 11.8 Å². The van der Waals surface area contributed by atoms with Crippen LogP contribution in [0, 0.1) is 19.8 Å². The Morgan fingerprint density at radius 2 is 2.17 bits per heavy atom. The molecule has 6 nitrogen and oxygen atoms in total. The zero-order valence-corrected chi connectivity index (χ0v) is 15.2. The largest absolute Gasteiger partial charge is 0.352 e. The van der Waals surface area contributed by atoms with Crippen LogP contribution in [0.15, 0.2) is 17.5 Å². The van der Waals surface area contributed by atoms with Crippen molar-refractivity contribution in [2.24, 2.45) is 13.0 Å². The monoisotopic (exact) mass is 346 g/mol. The number of nitrogens with zero attached hydrogens (tertiary/aromatic N) is 3. The number of carbonyl (C=O) groups is 2. The summed E-state index contributed by atoms with van der Waals surface area (Å²) in [6.07, 6.45) is 0.260.